The summed E-state index contributed by atoms with van der Waals surface area (Å²) in [6.07, 6.45) is 5.53. The Labute approximate surface area is 208 Å². The lowest BCUT2D eigenvalue weighted by molar-refractivity contribution is -0.143. The van der Waals surface area contributed by atoms with Crippen LogP contribution in [0.5, 0.6) is 0 Å². The molecule has 0 aliphatic heterocycles. The summed E-state index contributed by atoms with van der Waals surface area (Å²) < 4.78 is 11.2. The minimum absolute atomic E-state index is 0.0972. The van der Waals surface area contributed by atoms with Gasteiger partial charge >= 0.3 is 0 Å². The monoisotopic (exact) mass is 488 g/mol. The molecule has 36 heavy (non-hydrogen) atoms. The summed E-state index contributed by atoms with van der Waals surface area (Å²) in [4.78, 5) is 30.0. The number of furan rings is 2. The molecule has 2 amide bonds. The second-order valence-electron chi connectivity index (χ2n) is 8.97. The molecule has 0 radical (unpaired) electrons. The van der Waals surface area contributed by atoms with Crippen LogP contribution in [0.4, 0.5) is 0 Å². The molecule has 1 aliphatic rings. The number of aryl methyl sites for hydroxylation is 1. The highest BCUT2D eigenvalue weighted by molar-refractivity contribution is 5.88. The molecule has 10 heteroatoms. The van der Waals surface area contributed by atoms with E-state index in [1.54, 1.807) is 24.3 Å². The summed E-state index contributed by atoms with van der Waals surface area (Å²) in [5.74, 6) is 1.26. The molecule has 4 aromatic rings. The van der Waals surface area contributed by atoms with Crippen LogP contribution in [0, 0.1) is 6.92 Å². The van der Waals surface area contributed by atoms with Gasteiger partial charge < -0.3 is 19.1 Å². The van der Waals surface area contributed by atoms with Gasteiger partial charge in [0.05, 0.1) is 6.26 Å². The molecule has 1 atom stereocenters. The van der Waals surface area contributed by atoms with Gasteiger partial charge in [-0.1, -0.05) is 43.2 Å². The van der Waals surface area contributed by atoms with Gasteiger partial charge in [0.15, 0.2) is 11.8 Å². The van der Waals surface area contributed by atoms with E-state index in [2.05, 4.69) is 20.7 Å². The van der Waals surface area contributed by atoms with Crippen molar-refractivity contribution in [3.05, 3.63) is 77.9 Å². The van der Waals surface area contributed by atoms with Crippen LogP contribution in [0.15, 0.2) is 69.7 Å². The summed E-state index contributed by atoms with van der Waals surface area (Å²) in [7, 11) is 0. The van der Waals surface area contributed by atoms with E-state index >= 15 is 0 Å². The van der Waals surface area contributed by atoms with Crippen molar-refractivity contribution in [1.82, 2.24) is 30.4 Å². The Balaban J connectivity index is 1.42. The highest BCUT2D eigenvalue weighted by Gasteiger charge is 2.35. The van der Waals surface area contributed by atoms with E-state index in [1.165, 1.54) is 16.0 Å². The van der Waals surface area contributed by atoms with Gasteiger partial charge in [-0.3, -0.25) is 9.59 Å². The number of nitrogens with zero attached hydrogens (tertiary/aromatic N) is 5. The quantitative estimate of drug-likeness (QED) is 0.382. The van der Waals surface area contributed by atoms with E-state index in [0.717, 1.165) is 37.0 Å². The topological polar surface area (TPSA) is 119 Å². The zero-order chi connectivity index (χ0) is 24.9. The first-order valence-corrected chi connectivity index (χ1v) is 12.1. The van der Waals surface area contributed by atoms with E-state index in [-0.39, 0.29) is 36.8 Å². The molecule has 10 nitrogen and oxygen atoms in total. The Morgan fingerprint density at radius 3 is 2.61 bits per heavy atom. The molecule has 1 N–H and O–H groups in total. The van der Waals surface area contributed by atoms with Crippen molar-refractivity contribution in [3.8, 4) is 11.6 Å². The van der Waals surface area contributed by atoms with Crippen molar-refractivity contribution >= 4 is 11.8 Å². The summed E-state index contributed by atoms with van der Waals surface area (Å²) in [6.45, 7) is 1.83. The molecule has 3 aromatic heterocycles. The number of tetrazole rings is 1. The lowest BCUT2D eigenvalue weighted by Gasteiger charge is -2.30. The third-order valence-corrected chi connectivity index (χ3v) is 6.28. The Hall–Kier alpha value is -4.21. The van der Waals surface area contributed by atoms with Crippen molar-refractivity contribution in [3.63, 3.8) is 0 Å². The van der Waals surface area contributed by atoms with Gasteiger partial charge in [0, 0.05) is 12.6 Å². The number of carbonyl (C=O) groups excluding carboxylic acids is 2. The maximum atomic E-state index is 13.7. The first-order chi connectivity index (χ1) is 17.6. The van der Waals surface area contributed by atoms with Crippen LogP contribution in [0.2, 0.25) is 0 Å². The van der Waals surface area contributed by atoms with Gasteiger partial charge in [0.1, 0.15) is 18.1 Å². The van der Waals surface area contributed by atoms with E-state index < -0.39 is 6.04 Å². The minimum atomic E-state index is -0.941. The van der Waals surface area contributed by atoms with Crippen molar-refractivity contribution < 1.29 is 18.4 Å². The zero-order valence-electron chi connectivity index (χ0n) is 20.0. The maximum absolute atomic E-state index is 13.7. The van der Waals surface area contributed by atoms with Crippen molar-refractivity contribution in [2.75, 3.05) is 0 Å². The van der Waals surface area contributed by atoms with Gasteiger partial charge in [0.2, 0.25) is 11.7 Å². The fourth-order valence-corrected chi connectivity index (χ4v) is 4.50. The van der Waals surface area contributed by atoms with Crippen molar-refractivity contribution in [1.29, 1.82) is 0 Å². The SMILES string of the molecule is Cc1ccc(-c2nnn(CC(=O)N(Cc3ccccc3)[C@@H](C(=O)NC3CCCC3)c3ccco3)n2)o1. The smallest absolute Gasteiger partial charge is 0.250 e. The van der Waals surface area contributed by atoms with Crippen LogP contribution in [0.1, 0.15) is 48.8 Å². The number of amides is 2. The third kappa shape index (κ3) is 5.37. The van der Waals surface area contributed by atoms with Crippen LogP contribution in [-0.2, 0) is 22.7 Å². The molecular formula is C26H28N6O4. The lowest BCUT2D eigenvalue weighted by atomic mass is 10.1. The van der Waals surface area contributed by atoms with Crippen LogP contribution >= 0.6 is 0 Å². The Morgan fingerprint density at radius 1 is 1.11 bits per heavy atom. The van der Waals surface area contributed by atoms with E-state index in [1.807, 2.05) is 37.3 Å². The fraction of sp³-hybridized carbons (Fsp3) is 0.346. The summed E-state index contributed by atoms with van der Waals surface area (Å²) in [6, 6.07) is 15.7. The molecule has 5 rings (SSSR count). The van der Waals surface area contributed by atoms with Crippen LogP contribution in [-0.4, -0.2) is 43.0 Å². The fourth-order valence-electron chi connectivity index (χ4n) is 4.50. The standard InChI is InChI=1S/C26H28N6O4/c1-18-13-14-22(36-18)25-28-30-32(29-25)17-23(33)31(16-19-8-3-2-4-9-19)24(21-12-7-15-35-21)26(34)27-20-10-5-6-11-20/h2-4,7-9,12-15,20,24H,5-6,10-11,16-17H2,1H3,(H,27,34)/t24-/m1/s1. The molecule has 0 bridgehead atoms. The van der Waals surface area contributed by atoms with Gasteiger partial charge in [-0.15, -0.1) is 10.2 Å². The molecule has 1 aliphatic carbocycles. The van der Waals surface area contributed by atoms with Crippen molar-refractivity contribution in [2.45, 2.75) is 57.8 Å². The number of nitrogens with one attached hydrogen (secondary N) is 1. The Morgan fingerprint density at radius 2 is 1.92 bits per heavy atom. The average Bonchev–Trinajstić information content (AvgIpc) is 3.68. The number of hydrogen-bond acceptors (Lipinski definition) is 7. The van der Waals surface area contributed by atoms with E-state index in [9.17, 15) is 9.59 Å². The highest BCUT2D eigenvalue weighted by atomic mass is 16.3. The van der Waals surface area contributed by atoms with E-state index in [0.29, 0.717) is 11.5 Å². The Kier molecular flexibility index (Phi) is 6.92. The molecule has 0 spiro atoms. The third-order valence-electron chi connectivity index (χ3n) is 6.28. The number of rotatable bonds is 9. The summed E-state index contributed by atoms with van der Waals surface area (Å²) in [5, 5.41) is 15.5. The molecule has 1 fully saturated rings. The van der Waals surface area contributed by atoms with Gasteiger partial charge in [0.25, 0.3) is 5.91 Å². The predicted molar refractivity (Wildman–Crippen MR) is 129 cm³/mol. The minimum Gasteiger partial charge on any atom is -0.467 e. The molecule has 3 heterocycles. The normalized spacial score (nSPS) is 14.6. The predicted octanol–water partition coefficient (Wildman–Crippen LogP) is 3.66. The van der Waals surface area contributed by atoms with Crippen molar-refractivity contribution in [2.24, 2.45) is 0 Å². The van der Waals surface area contributed by atoms with Crippen LogP contribution in [0.3, 0.4) is 0 Å². The van der Waals surface area contributed by atoms with Gasteiger partial charge in [-0.05, 0) is 54.8 Å². The number of benzene rings is 1. The molecule has 1 aromatic carbocycles. The largest absolute Gasteiger partial charge is 0.467 e. The number of aromatic nitrogens is 4. The molecule has 0 unspecified atom stereocenters. The van der Waals surface area contributed by atoms with Crippen LogP contribution in [0.25, 0.3) is 11.6 Å². The molecule has 1 saturated carbocycles. The highest BCUT2D eigenvalue weighted by Crippen LogP contribution is 2.27. The average molecular weight is 489 g/mol. The number of hydrogen-bond donors (Lipinski definition) is 1. The zero-order valence-corrected chi connectivity index (χ0v) is 20.0. The molecule has 186 valence electrons. The first kappa shape index (κ1) is 23.5. The maximum Gasteiger partial charge on any atom is 0.250 e. The second-order valence-corrected chi connectivity index (χ2v) is 8.97. The van der Waals surface area contributed by atoms with Gasteiger partial charge in [-0.25, -0.2) is 0 Å². The second kappa shape index (κ2) is 10.6. The van der Waals surface area contributed by atoms with E-state index in [4.69, 9.17) is 8.83 Å². The van der Waals surface area contributed by atoms with Crippen LogP contribution < -0.4 is 5.32 Å². The first-order valence-electron chi connectivity index (χ1n) is 12.1. The lowest BCUT2D eigenvalue weighted by Crippen LogP contribution is -2.46. The number of carbonyl (C=O) groups is 2. The summed E-state index contributed by atoms with van der Waals surface area (Å²) in [5.41, 5.74) is 0.884. The Bertz CT molecular complexity index is 1290. The van der Waals surface area contributed by atoms with Gasteiger partial charge in [-0.2, -0.15) is 4.80 Å². The molecule has 0 saturated heterocycles. The summed E-state index contributed by atoms with van der Waals surface area (Å²) >= 11 is 0. The molecular weight excluding hydrogens is 460 g/mol.